The number of hydrogen-bond donors (Lipinski definition) is 4. The molecule has 5 N–H and O–H groups in total. The fraction of sp³-hybridized carbons (Fsp3) is 0.542. The van der Waals surface area contributed by atoms with Gasteiger partial charge in [0, 0.05) is 24.4 Å². The lowest BCUT2D eigenvalue weighted by atomic mass is 9.97. The molecule has 38 heavy (non-hydrogen) atoms. The molecule has 1 aliphatic heterocycles. The van der Waals surface area contributed by atoms with Gasteiger partial charge in [-0.2, -0.15) is 4.98 Å². The van der Waals surface area contributed by atoms with Crippen molar-refractivity contribution < 1.29 is 33.4 Å². The molecule has 1 fully saturated rings. The summed E-state index contributed by atoms with van der Waals surface area (Å²) in [5.74, 6) is -0.238. The Morgan fingerprint density at radius 1 is 1.29 bits per heavy atom. The first-order valence-corrected chi connectivity index (χ1v) is 14.6. The van der Waals surface area contributed by atoms with Crippen LogP contribution in [0.15, 0.2) is 47.4 Å². The van der Waals surface area contributed by atoms with Crippen LogP contribution in [0, 0.1) is 11.3 Å². The first-order valence-electron chi connectivity index (χ1n) is 12.1. The van der Waals surface area contributed by atoms with E-state index in [1.54, 1.807) is 20.8 Å². The van der Waals surface area contributed by atoms with E-state index in [0.717, 1.165) is 17.3 Å². The summed E-state index contributed by atoms with van der Waals surface area (Å²) in [5.41, 5.74) is 4.88. The quantitative estimate of drug-likeness (QED) is 0.204. The Balaban J connectivity index is 1.64. The van der Waals surface area contributed by atoms with Crippen LogP contribution >= 0.6 is 19.5 Å². The van der Waals surface area contributed by atoms with Gasteiger partial charge in [-0.25, -0.2) is 14.4 Å². The Kier molecular flexibility index (Phi) is 10.7. The predicted molar refractivity (Wildman–Crippen MR) is 143 cm³/mol. The van der Waals surface area contributed by atoms with Crippen molar-refractivity contribution in [2.45, 2.75) is 45.8 Å². The largest absolute Gasteiger partial charge is 0.405 e. The summed E-state index contributed by atoms with van der Waals surface area (Å²) in [7, 11) is -3.91. The van der Waals surface area contributed by atoms with E-state index in [1.165, 1.54) is 16.8 Å². The lowest BCUT2D eigenvalue weighted by molar-refractivity contribution is -0.119. The van der Waals surface area contributed by atoms with Crippen LogP contribution in [0.25, 0.3) is 0 Å². The molecule has 14 heteroatoms. The number of hydrogen-bond acceptors (Lipinski definition) is 11. The normalized spacial score (nSPS) is 23.3. The van der Waals surface area contributed by atoms with Crippen LogP contribution in [-0.4, -0.2) is 62.7 Å². The summed E-state index contributed by atoms with van der Waals surface area (Å²) in [5, 5.41) is 22.7. The van der Waals surface area contributed by atoms with Crippen molar-refractivity contribution in [2.24, 2.45) is 11.3 Å². The van der Waals surface area contributed by atoms with Gasteiger partial charge in [0.25, 0.3) is 0 Å². The highest BCUT2D eigenvalue weighted by molar-refractivity contribution is 8.13. The third-order valence-corrected chi connectivity index (χ3v) is 8.81. The smallest absolute Gasteiger partial charge is 0.395 e. The standard InChI is InChI=1S/C24H35N4O8PS/c1-16-20(30)18(36-21(16)28-10-9-19(25)27-23(28)32)14-35-37(33,26-13-17-7-5-4-6-8-17)34-11-12-38-22(31)24(2,3)15-29/h4-10,16,18,20-21,29-30H,11-15H2,1-3H3,(H,26,33)(H2,25,27,32)/t16?,18-,20?,21-,37?/m1/s1. The molecule has 0 spiro atoms. The molecule has 1 aliphatic rings. The molecule has 0 bridgehead atoms. The SMILES string of the molecule is CC1C(O)[C@@H](COP(=O)(NCc2ccccc2)OCCSC(=O)C(C)(C)CO)O[C@H]1n1ccc(N)nc1=O. The van der Waals surface area contributed by atoms with Crippen molar-refractivity contribution in [2.75, 3.05) is 31.3 Å². The summed E-state index contributed by atoms with van der Waals surface area (Å²) in [4.78, 5) is 28.2. The van der Waals surface area contributed by atoms with E-state index < -0.39 is 43.2 Å². The van der Waals surface area contributed by atoms with Crippen LogP contribution in [0.5, 0.6) is 0 Å². The number of aromatic nitrogens is 2. The first-order chi connectivity index (χ1) is 18.0. The van der Waals surface area contributed by atoms with Crippen molar-refractivity contribution in [3.05, 3.63) is 58.6 Å². The maximum atomic E-state index is 13.6. The average molecular weight is 571 g/mol. The Bertz CT molecular complexity index is 1180. The maximum Gasteiger partial charge on any atom is 0.405 e. The highest BCUT2D eigenvalue weighted by Gasteiger charge is 2.43. The number of aliphatic hydroxyl groups is 2. The molecule has 2 aromatic rings. The molecule has 2 heterocycles. The molecule has 3 unspecified atom stereocenters. The number of benzene rings is 1. The van der Waals surface area contributed by atoms with Crippen molar-refractivity contribution in [3.63, 3.8) is 0 Å². The molecule has 12 nitrogen and oxygen atoms in total. The van der Waals surface area contributed by atoms with E-state index in [2.05, 4.69) is 10.1 Å². The topological polar surface area (TPSA) is 175 Å². The van der Waals surface area contributed by atoms with E-state index in [4.69, 9.17) is 19.5 Å². The number of thioether (sulfide) groups is 1. The minimum Gasteiger partial charge on any atom is -0.395 e. The van der Waals surface area contributed by atoms with E-state index in [-0.39, 0.29) is 43.1 Å². The van der Waals surface area contributed by atoms with E-state index in [1.807, 2.05) is 30.3 Å². The van der Waals surface area contributed by atoms with Crippen molar-refractivity contribution in [1.29, 1.82) is 0 Å². The fourth-order valence-electron chi connectivity index (χ4n) is 3.60. The first kappa shape index (κ1) is 30.5. The zero-order valence-corrected chi connectivity index (χ0v) is 23.3. The molecule has 1 aromatic heterocycles. The molecular formula is C24H35N4O8PS. The van der Waals surface area contributed by atoms with Crippen LogP contribution in [0.2, 0.25) is 0 Å². The number of nitrogens with one attached hydrogen (secondary N) is 1. The molecule has 3 rings (SSSR count). The minimum absolute atomic E-state index is 0.0692. The molecule has 5 atom stereocenters. The van der Waals surface area contributed by atoms with Crippen molar-refractivity contribution in [1.82, 2.24) is 14.6 Å². The Labute approximate surface area is 225 Å². The number of anilines is 1. The van der Waals surface area contributed by atoms with Crippen LogP contribution in [0.4, 0.5) is 5.82 Å². The third kappa shape index (κ3) is 7.96. The number of nitrogen functional groups attached to an aromatic ring is 1. The lowest BCUT2D eigenvalue weighted by Gasteiger charge is -2.23. The predicted octanol–water partition coefficient (Wildman–Crippen LogP) is 1.93. The number of nitrogens with zero attached hydrogens (tertiary/aromatic N) is 2. The number of nitrogens with two attached hydrogens (primary N) is 1. The average Bonchev–Trinajstić information content (AvgIpc) is 3.18. The molecule has 0 radical (unpaired) electrons. The van der Waals surface area contributed by atoms with Gasteiger partial charge in [0.15, 0.2) is 5.12 Å². The number of ether oxygens (including phenoxy) is 1. The van der Waals surface area contributed by atoms with E-state index >= 15 is 0 Å². The molecular weight excluding hydrogens is 535 g/mol. The second kappa shape index (κ2) is 13.3. The molecule has 0 saturated carbocycles. The van der Waals surface area contributed by atoms with E-state index in [0.29, 0.717) is 0 Å². The van der Waals surface area contributed by atoms with Crippen molar-refractivity contribution >= 4 is 30.4 Å². The Morgan fingerprint density at radius 2 is 2.00 bits per heavy atom. The highest BCUT2D eigenvalue weighted by Crippen LogP contribution is 2.46. The minimum atomic E-state index is -3.91. The van der Waals surface area contributed by atoms with Crippen LogP contribution in [0.1, 0.15) is 32.6 Å². The Hall–Kier alpha value is -2.09. The second-order valence-electron chi connectivity index (χ2n) is 9.58. The van der Waals surface area contributed by atoms with Crippen molar-refractivity contribution in [3.8, 4) is 0 Å². The molecule has 1 saturated heterocycles. The maximum absolute atomic E-state index is 13.6. The van der Waals surface area contributed by atoms with Gasteiger partial charge in [-0.05, 0) is 25.5 Å². The van der Waals surface area contributed by atoms with Gasteiger partial charge in [-0.15, -0.1) is 0 Å². The molecule has 210 valence electrons. The van der Waals surface area contributed by atoms with Crippen LogP contribution in [-0.2, 0) is 29.7 Å². The third-order valence-electron chi connectivity index (χ3n) is 6.06. The van der Waals surface area contributed by atoms with Gasteiger partial charge in [0.05, 0.1) is 31.3 Å². The number of rotatable bonds is 13. The lowest BCUT2D eigenvalue weighted by Crippen LogP contribution is -2.31. The number of carbonyl (C=O) groups excluding carboxylic acids is 1. The summed E-state index contributed by atoms with van der Waals surface area (Å²) in [6.07, 6.45) is -1.32. The number of aliphatic hydroxyl groups excluding tert-OH is 2. The summed E-state index contributed by atoms with van der Waals surface area (Å²) >= 11 is 0.967. The molecule has 0 amide bonds. The highest BCUT2D eigenvalue weighted by atomic mass is 32.2. The summed E-state index contributed by atoms with van der Waals surface area (Å²) in [6, 6.07) is 10.7. The van der Waals surface area contributed by atoms with Gasteiger partial charge in [0.2, 0.25) is 0 Å². The summed E-state index contributed by atoms with van der Waals surface area (Å²) < 4.78 is 31.9. The van der Waals surface area contributed by atoms with E-state index in [9.17, 15) is 24.4 Å². The number of carbonyl (C=O) groups is 1. The zero-order chi connectivity index (χ0) is 27.9. The Morgan fingerprint density at radius 3 is 2.66 bits per heavy atom. The monoisotopic (exact) mass is 570 g/mol. The van der Waals surface area contributed by atoms with Gasteiger partial charge < -0.3 is 20.7 Å². The molecule has 1 aromatic carbocycles. The zero-order valence-electron chi connectivity index (χ0n) is 21.6. The van der Waals surface area contributed by atoms with Gasteiger partial charge >= 0.3 is 13.4 Å². The van der Waals surface area contributed by atoms with Gasteiger partial charge in [-0.1, -0.05) is 49.0 Å². The second-order valence-corrected chi connectivity index (χ2v) is 12.5. The fourth-order valence-corrected chi connectivity index (χ4v) is 5.84. The van der Waals surface area contributed by atoms with Crippen LogP contribution < -0.4 is 16.5 Å². The summed E-state index contributed by atoms with van der Waals surface area (Å²) in [6.45, 7) is 4.51. The van der Waals surface area contributed by atoms with Gasteiger partial charge in [-0.3, -0.25) is 18.4 Å². The van der Waals surface area contributed by atoms with Gasteiger partial charge in [0.1, 0.15) is 18.1 Å². The molecule has 0 aliphatic carbocycles. The van der Waals surface area contributed by atoms with Crippen LogP contribution in [0.3, 0.4) is 0 Å².